The molecule has 1 aromatic carbocycles. The number of amides is 1. The lowest BCUT2D eigenvalue weighted by Crippen LogP contribution is -2.46. The first-order valence-electron chi connectivity index (χ1n) is 8.62. The Labute approximate surface area is 142 Å². The molecule has 1 aliphatic heterocycles. The molecule has 1 aromatic rings. The van der Waals surface area contributed by atoms with Gasteiger partial charge in [-0.25, -0.2) is 4.79 Å². The number of benzene rings is 1. The molecule has 0 spiro atoms. The number of carbonyl (C=O) groups excluding carboxylic acids is 2. The minimum Gasteiger partial charge on any atom is -0.452 e. The predicted molar refractivity (Wildman–Crippen MR) is 88.1 cm³/mol. The smallest absolute Gasteiger partial charge is 0.338 e. The number of nitrogens with zero attached hydrogens (tertiary/aromatic N) is 2. The summed E-state index contributed by atoms with van der Waals surface area (Å²) in [6.45, 7) is 1.36. The SMILES string of the molecule is N#Cc1ccc(C(=O)OCC(=O)N2CC[C@@H]3CCCC[C@@H]3C2)cc1. The highest BCUT2D eigenvalue weighted by Gasteiger charge is 2.33. The molecular formula is C19H22N2O3. The molecule has 5 nitrogen and oxygen atoms in total. The van der Waals surface area contributed by atoms with Crippen molar-refractivity contribution in [1.82, 2.24) is 4.90 Å². The van der Waals surface area contributed by atoms with E-state index in [0.717, 1.165) is 25.4 Å². The van der Waals surface area contributed by atoms with Crippen LogP contribution in [-0.4, -0.2) is 36.5 Å². The summed E-state index contributed by atoms with van der Waals surface area (Å²) in [7, 11) is 0. The maximum atomic E-state index is 12.3. The third-order valence-corrected chi connectivity index (χ3v) is 5.22. The molecule has 0 N–H and O–H groups in total. The molecule has 1 amide bonds. The van der Waals surface area contributed by atoms with E-state index in [2.05, 4.69) is 0 Å². The van der Waals surface area contributed by atoms with Gasteiger partial charge >= 0.3 is 5.97 Å². The van der Waals surface area contributed by atoms with E-state index in [1.807, 2.05) is 11.0 Å². The highest BCUT2D eigenvalue weighted by atomic mass is 16.5. The minimum atomic E-state index is -0.527. The van der Waals surface area contributed by atoms with Gasteiger partial charge in [0, 0.05) is 13.1 Å². The lowest BCUT2D eigenvalue weighted by atomic mass is 9.75. The summed E-state index contributed by atoms with van der Waals surface area (Å²) in [6.07, 6.45) is 6.15. The summed E-state index contributed by atoms with van der Waals surface area (Å²) in [4.78, 5) is 26.1. The van der Waals surface area contributed by atoms with Gasteiger partial charge in [0.25, 0.3) is 5.91 Å². The zero-order chi connectivity index (χ0) is 16.9. The Kier molecular flexibility index (Phi) is 5.14. The summed E-state index contributed by atoms with van der Waals surface area (Å²) >= 11 is 0. The van der Waals surface area contributed by atoms with Crippen molar-refractivity contribution in [2.24, 2.45) is 11.8 Å². The fraction of sp³-hybridized carbons (Fsp3) is 0.526. The number of hydrogen-bond acceptors (Lipinski definition) is 4. The van der Waals surface area contributed by atoms with Crippen molar-refractivity contribution in [3.8, 4) is 6.07 Å². The number of piperidine rings is 1. The zero-order valence-corrected chi connectivity index (χ0v) is 13.7. The van der Waals surface area contributed by atoms with Crippen molar-refractivity contribution in [3.63, 3.8) is 0 Å². The van der Waals surface area contributed by atoms with Gasteiger partial charge in [-0.3, -0.25) is 4.79 Å². The van der Waals surface area contributed by atoms with Crippen molar-refractivity contribution >= 4 is 11.9 Å². The molecule has 0 unspecified atom stereocenters. The van der Waals surface area contributed by atoms with Crippen LogP contribution >= 0.6 is 0 Å². The van der Waals surface area contributed by atoms with E-state index < -0.39 is 5.97 Å². The molecule has 1 saturated heterocycles. The van der Waals surface area contributed by atoms with Crippen molar-refractivity contribution in [3.05, 3.63) is 35.4 Å². The van der Waals surface area contributed by atoms with Gasteiger partial charge in [-0.15, -0.1) is 0 Å². The van der Waals surface area contributed by atoms with Gasteiger partial charge in [0.15, 0.2) is 6.61 Å². The van der Waals surface area contributed by atoms with Gasteiger partial charge in [-0.2, -0.15) is 5.26 Å². The van der Waals surface area contributed by atoms with Crippen LogP contribution in [-0.2, 0) is 9.53 Å². The molecule has 0 aromatic heterocycles. The number of likely N-dealkylation sites (tertiary alicyclic amines) is 1. The lowest BCUT2D eigenvalue weighted by molar-refractivity contribution is -0.137. The third kappa shape index (κ3) is 3.76. The van der Waals surface area contributed by atoms with Crippen molar-refractivity contribution < 1.29 is 14.3 Å². The molecule has 3 rings (SSSR count). The Balaban J connectivity index is 1.49. The molecule has 1 heterocycles. The number of rotatable bonds is 3. The quantitative estimate of drug-likeness (QED) is 0.801. The molecule has 2 fully saturated rings. The van der Waals surface area contributed by atoms with E-state index in [0.29, 0.717) is 17.0 Å². The first-order chi connectivity index (χ1) is 11.7. The molecule has 126 valence electrons. The van der Waals surface area contributed by atoms with Gasteiger partial charge in [0.1, 0.15) is 0 Å². The van der Waals surface area contributed by atoms with Crippen LogP contribution in [0.5, 0.6) is 0 Å². The fourth-order valence-corrected chi connectivity index (χ4v) is 3.81. The number of fused-ring (bicyclic) bond motifs is 1. The van der Waals surface area contributed by atoms with E-state index in [4.69, 9.17) is 10.00 Å². The average Bonchev–Trinajstić information content (AvgIpc) is 2.65. The summed E-state index contributed by atoms with van der Waals surface area (Å²) in [6, 6.07) is 8.20. The van der Waals surface area contributed by atoms with Crippen molar-refractivity contribution in [1.29, 1.82) is 5.26 Å². The first-order valence-corrected chi connectivity index (χ1v) is 8.62. The Bertz CT molecular complexity index is 648. The number of nitriles is 1. The second-order valence-electron chi connectivity index (χ2n) is 6.70. The summed E-state index contributed by atoms with van der Waals surface area (Å²) < 4.78 is 5.14. The van der Waals surface area contributed by atoms with Crippen LogP contribution in [0.15, 0.2) is 24.3 Å². The van der Waals surface area contributed by atoms with Crippen LogP contribution in [0.1, 0.15) is 48.0 Å². The second kappa shape index (κ2) is 7.48. The minimum absolute atomic E-state index is 0.110. The molecular weight excluding hydrogens is 304 g/mol. The highest BCUT2D eigenvalue weighted by Crippen LogP contribution is 2.35. The summed E-state index contributed by atoms with van der Waals surface area (Å²) in [5.74, 6) is 0.746. The molecule has 0 bridgehead atoms. The van der Waals surface area contributed by atoms with E-state index in [-0.39, 0.29) is 12.5 Å². The van der Waals surface area contributed by atoms with Crippen molar-refractivity contribution in [2.75, 3.05) is 19.7 Å². The van der Waals surface area contributed by atoms with Gasteiger partial charge < -0.3 is 9.64 Å². The Hall–Kier alpha value is -2.35. The lowest BCUT2D eigenvalue weighted by Gasteiger charge is -2.41. The summed E-state index contributed by atoms with van der Waals surface area (Å²) in [5.41, 5.74) is 0.839. The fourth-order valence-electron chi connectivity index (χ4n) is 3.81. The van der Waals surface area contributed by atoms with Crippen LogP contribution in [0.3, 0.4) is 0 Å². The number of esters is 1. The Morgan fingerprint density at radius 1 is 1.12 bits per heavy atom. The molecule has 2 aliphatic rings. The van der Waals surface area contributed by atoms with Gasteiger partial charge in [0.2, 0.25) is 0 Å². The van der Waals surface area contributed by atoms with Crippen LogP contribution in [0.2, 0.25) is 0 Å². The molecule has 2 atom stereocenters. The molecule has 0 radical (unpaired) electrons. The van der Waals surface area contributed by atoms with E-state index >= 15 is 0 Å². The van der Waals surface area contributed by atoms with Gasteiger partial charge in [0.05, 0.1) is 17.2 Å². The standard InChI is InChI=1S/C19H22N2O3/c20-11-14-5-7-16(8-6-14)19(23)24-13-18(22)21-10-9-15-3-1-2-4-17(15)12-21/h5-8,15,17H,1-4,9-10,12-13H2/t15-,17+/m0/s1. The first kappa shape index (κ1) is 16.5. The third-order valence-electron chi connectivity index (χ3n) is 5.22. The maximum Gasteiger partial charge on any atom is 0.338 e. The number of hydrogen-bond donors (Lipinski definition) is 0. The Morgan fingerprint density at radius 2 is 1.83 bits per heavy atom. The molecule has 1 aliphatic carbocycles. The topological polar surface area (TPSA) is 70.4 Å². The van der Waals surface area contributed by atoms with Crippen LogP contribution in [0.25, 0.3) is 0 Å². The van der Waals surface area contributed by atoms with Crippen LogP contribution in [0.4, 0.5) is 0 Å². The molecule has 1 saturated carbocycles. The van der Waals surface area contributed by atoms with Crippen LogP contribution in [0, 0.1) is 23.2 Å². The molecule has 5 heteroatoms. The number of ether oxygens (including phenoxy) is 1. The normalized spacial score (nSPS) is 23.0. The van der Waals surface area contributed by atoms with E-state index in [9.17, 15) is 9.59 Å². The molecule has 24 heavy (non-hydrogen) atoms. The van der Waals surface area contributed by atoms with E-state index in [1.165, 1.54) is 25.7 Å². The monoisotopic (exact) mass is 326 g/mol. The van der Waals surface area contributed by atoms with Gasteiger partial charge in [-0.05, 0) is 48.9 Å². The van der Waals surface area contributed by atoms with Crippen LogP contribution < -0.4 is 0 Å². The average molecular weight is 326 g/mol. The maximum absolute atomic E-state index is 12.3. The largest absolute Gasteiger partial charge is 0.452 e. The second-order valence-corrected chi connectivity index (χ2v) is 6.70. The van der Waals surface area contributed by atoms with Gasteiger partial charge in [-0.1, -0.05) is 19.3 Å². The highest BCUT2D eigenvalue weighted by molar-refractivity contribution is 5.91. The van der Waals surface area contributed by atoms with Crippen molar-refractivity contribution in [2.45, 2.75) is 32.1 Å². The Morgan fingerprint density at radius 3 is 2.54 bits per heavy atom. The number of carbonyl (C=O) groups is 2. The predicted octanol–water partition coefficient (Wildman–Crippen LogP) is 2.75. The summed E-state index contributed by atoms with van der Waals surface area (Å²) in [5, 5.41) is 8.75. The van der Waals surface area contributed by atoms with E-state index in [1.54, 1.807) is 24.3 Å². The zero-order valence-electron chi connectivity index (χ0n) is 13.7.